The molecule has 1 aliphatic rings. The van der Waals surface area contributed by atoms with Crippen LogP contribution in [0.15, 0.2) is 18.2 Å². The van der Waals surface area contributed by atoms with Crippen LogP contribution in [0.5, 0.6) is 0 Å². The Hall–Kier alpha value is -1.33. The zero-order valence-electron chi connectivity index (χ0n) is 9.60. The van der Waals surface area contributed by atoms with Gasteiger partial charge in [0.05, 0.1) is 24.6 Å². The van der Waals surface area contributed by atoms with E-state index in [1.54, 1.807) is 12.1 Å². The molecule has 1 fully saturated rings. The van der Waals surface area contributed by atoms with Crippen LogP contribution in [0.2, 0.25) is 5.02 Å². The summed E-state index contributed by atoms with van der Waals surface area (Å²) < 4.78 is 0. The number of quaternary nitrogens is 1. The van der Waals surface area contributed by atoms with Crippen LogP contribution in [0, 0.1) is 10.1 Å². The van der Waals surface area contributed by atoms with Gasteiger partial charge < -0.3 is 10.2 Å². The molecule has 0 aromatic heterocycles. The molecule has 1 atom stereocenters. The van der Waals surface area contributed by atoms with E-state index in [4.69, 9.17) is 11.6 Å². The number of nitro groups is 1. The van der Waals surface area contributed by atoms with Crippen LogP contribution in [0.3, 0.4) is 0 Å². The highest BCUT2D eigenvalue weighted by atomic mass is 35.5. The van der Waals surface area contributed by atoms with Crippen molar-refractivity contribution in [1.82, 2.24) is 0 Å². The van der Waals surface area contributed by atoms with Crippen molar-refractivity contribution in [2.75, 3.05) is 24.5 Å². The Morgan fingerprint density at radius 2 is 2.35 bits per heavy atom. The molecule has 0 saturated carbocycles. The number of hydrogen-bond acceptors (Lipinski definition) is 3. The summed E-state index contributed by atoms with van der Waals surface area (Å²) in [6.45, 7) is 4.73. The first kappa shape index (κ1) is 12.1. The summed E-state index contributed by atoms with van der Waals surface area (Å²) in [7, 11) is 0. The van der Waals surface area contributed by atoms with Gasteiger partial charge in [0.15, 0.2) is 0 Å². The van der Waals surface area contributed by atoms with E-state index in [-0.39, 0.29) is 10.6 Å². The van der Waals surface area contributed by atoms with E-state index in [1.165, 1.54) is 6.07 Å². The summed E-state index contributed by atoms with van der Waals surface area (Å²) in [5.74, 6) is 0. The van der Waals surface area contributed by atoms with E-state index >= 15 is 0 Å². The van der Waals surface area contributed by atoms with E-state index in [1.807, 2.05) is 0 Å². The molecular weight excluding hydrogens is 242 g/mol. The van der Waals surface area contributed by atoms with Crippen molar-refractivity contribution < 1.29 is 10.2 Å². The standard InChI is InChI=1S/C11H14ClN3O2/c1-8-7-14(5-4-13-8)10-3-2-9(12)6-11(10)15(16)17/h2-3,6,8,13H,4-5,7H2,1H3/p+1/t8-/m1/s1. The molecule has 0 bridgehead atoms. The molecule has 0 aliphatic carbocycles. The van der Waals surface area contributed by atoms with Gasteiger partial charge >= 0.3 is 0 Å². The zero-order valence-corrected chi connectivity index (χ0v) is 10.4. The average Bonchev–Trinajstić information content (AvgIpc) is 2.28. The van der Waals surface area contributed by atoms with Crippen LogP contribution in [-0.4, -0.2) is 30.6 Å². The minimum absolute atomic E-state index is 0.0894. The van der Waals surface area contributed by atoms with Gasteiger partial charge in [-0.3, -0.25) is 10.1 Å². The molecule has 1 saturated heterocycles. The van der Waals surface area contributed by atoms with E-state index in [0.717, 1.165) is 19.6 Å². The molecule has 17 heavy (non-hydrogen) atoms. The Kier molecular flexibility index (Phi) is 3.49. The van der Waals surface area contributed by atoms with Gasteiger partial charge in [-0.25, -0.2) is 0 Å². The second-order valence-corrected chi connectivity index (χ2v) is 4.77. The molecule has 1 aromatic carbocycles. The van der Waals surface area contributed by atoms with Crippen molar-refractivity contribution in [1.29, 1.82) is 0 Å². The number of hydrogen-bond donors (Lipinski definition) is 1. The van der Waals surface area contributed by atoms with Crippen LogP contribution in [0.4, 0.5) is 11.4 Å². The lowest BCUT2D eigenvalue weighted by Gasteiger charge is -2.30. The molecule has 2 rings (SSSR count). The van der Waals surface area contributed by atoms with Gasteiger partial charge in [-0.1, -0.05) is 11.6 Å². The van der Waals surface area contributed by atoms with Crippen LogP contribution >= 0.6 is 11.6 Å². The third kappa shape index (κ3) is 2.68. The van der Waals surface area contributed by atoms with E-state index in [2.05, 4.69) is 17.1 Å². The number of piperazine rings is 1. The van der Waals surface area contributed by atoms with E-state index < -0.39 is 0 Å². The molecule has 1 heterocycles. The van der Waals surface area contributed by atoms with Crippen molar-refractivity contribution in [3.63, 3.8) is 0 Å². The Labute approximate surface area is 105 Å². The van der Waals surface area contributed by atoms with Gasteiger partial charge in [0, 0.05) is 11.1 Å². The minimum Gasteiger partial charge on any atom is -0.354 e. The number of halogens is 1. The fourth-order valence-corrected chi connectivity index (χ4v) is 2.32. The summed E-state index contributed by atoms with van der Waals surface area (Å²) in [4.78, 5) is 12.7. The number of anilines is 1. The summed E-state index contributed by atoms with van der Waals surface area (Å²) in [6.07, 6.45) is 0. The third-order valence-corrected chi connectivity index (χ3v) is 3.19. The largest absolute Gasteiger partial charge is 0.354 e. The lowest BCUT2D eigenvalue weighted by atomic mass is 10.2. The summed E-state index contributed by atoms with van der Waals surface area (Å²) in [5.41, 5.74) is 0.756. The second kappa shape index (κ2) is 4.89. The summed E-state index contributed by atoms with van der Waals surface area (Å²) in [5, 5.41) is 13.7. The highest BCUT2D eigenvalue weighted by molar-refractivity contribution is 6.30. The Morgan fingerprint density at radius 1 is 1.59 bits per heavy atom. The Balaban J connectivity index is 2.33. The number of rotatable bonds is 2. The Morgan fingerprint density at radius 3 is 3.00 bits per heavy atom. The highest BCUT2D eigenvalue weighted by Crippen LogP contribution is 2.31. The monoisotopic (exact) mass is 256 g/mol. The SMILES string of the molecule is C[C@@H]1CN(c2ccc(Cl)cc2[N+](=O)[O-])CC[NH2+]1. The fraction of sp³-hybridized carbons (Fsp3) is 0.455. The summed E-state index contributed by atoms with van der Waals surface area (Å²) >= 11 is 5.80. The van der Waals surface area contributed by atoms with Crippen molar-refractivity contribution in [3.8, 4) is 0 Å². The van der Waals surface area contributed by atoms with Crippen LogP contribution < -0.4 is 10.2 Å². The molecule has 1 aromatic rings. The van der Waals surface area contributed by atoms with Crippen LogP contribution in [-0.2, 0) is 0 Å². The molecule has 92 valence electrons. The molecule has 2 N–H and O–H groups in total. The summed E-state index contributed by atoms with van der Waals surface area (Å²) in [6, 6.07) is 5.31. The quantitative estimate of drug-likeness (QED) is 0.635. The zero-order chi connectivity index (χ0) is 12.4. The predicted molar refractivity (Wildman–Crippen MR) is 66.6 cm³/mol. The van der Waals surface area contributed by atoms with Gasteiger partial charge in [-0.2, -0.15) is 0 Å². The first-order valence-corrected chi connectivity index (χ1v) is 5.98. The molecule has 0 amide bonds. The first-order valence-electron chi connectivity index (χ1n) is 5.60. The smallest absolute Gasteiger partial charge is 0.294 e. The second-order valence-electron chi connectivity index (χ2n) is 4.34. The maximum absolute atomic E-state index is 11.0. The topological polar surface area (TPSA) is 63.0 Å². The van der Waals surface area contributed by atoms with Crippen molar-refractivity contribution >= 4 is 23.0 Å². The molecule has 6 heteroatoms. The number of nitrogens with zero attached hydrogens (tertiary/aromatic N) is 2. The maximum atomic E-state index is 11.0. The normalized spacial score (nSPS) is 20.4. The fourth-order valence-electron chi connectivity index (χ4n) is 2.16. The van der Waals surface area contributed by atoms with Crippen molar-refractivity contribution in [3.05, 3.63) is 33.3 Å². The molecule has 0 unspecified atom stereocenters. The van der Waals surface area contributed by atoms with Gasteiger partial charge in [-0.05, 0) is 19.1 Å². The number of benzene rings is 1. The van der Waals surface area contributed by atoms with Crippen LogP contribution in [0.1, 0.15) is 6.92 Å². The molecule has 1 aliphatic heterocycles. The van der Waals surface area contributed by atoms with Crippen molar-refractivity contribution in [2.24, 2.45) is 0 Å². The maximum Gasteiger partial charge on any atom is 0.294 e. The molecule has 0 spiro atoms. The van der Waals surface area contributed by atoms with E-state index in [9.17, 15) is 10.1 Å². The van der Waals surface area contributed by atoms with Crippen LogP contribution in [0.25, 0.3) is 0 Å². The lowest BCUT2D eigenvalue weighted by Crippen LogP contribution is -2.94. The number of nitrogens with two attached hydrogens (primary N) is 1. The first-order chi connectivity index (χ1) is 8.08. The highest BCUT2D eigenvalue weighted by Gasteiger charge is 2.25. The minimum atomic E-state index is -0.371. The van der Waals surface area contributed by atoms with Gasteiger partial charge in [0.2, 0.25) is 0 Å². The Bertz CT molecular complexity index is 439. The third-order valence-electron chi connectivity index (χ3n) is 2.95. The number of nitro benzene ring substituents is 1. The lowest BCUT2D eigenvalue weighted by molar-refractivity contribution is -0.687. The average molecular weight is 257 g/mol. The van der Waals surface area contributed by atoms with Crippen molar-refractivity contribution in [2.45, 2.75) is 13.0 Å². The van der Waals surface area contributed by atoms with Gasteiger partial charge in [-0.15, -0.1) is 0 Å². The van der Waals surface area contributed by atoms with E-state index in [0.29, 0.717) is 16.8 Å². The van der Waals surface area contributed by atoms with Gasteiger partial charge in [0.25, 0.3) is 5.69 Å². The predicted octanol–water partition coefficient (Wildman–Crippen LogP) is 1.02. The molecular formula is C11H15ClN3O2+. The van der Waals surface area contributed by atoms with Gasteiger partial charge in [0.1, 0.15) is 11.7 Å². The molecule has 0 radical (unpaired) electrons. The molecule has 5 nitrogen and oxygen atoms in total.